The van der Waals surface area contributed by atoms with Crippen molar-refractivity contribution in [2.75, 3.05) is 25.6 Å². The van der Waals surface area contributed by atoms with E-state index in [1.54, 1.807) is 13.3 Å². The van der Waals surface area contributed by atoms with Crippen LogP contribution in [0.5, 0.6) is 0 Å². The highest BCUT2D eigenvalue weighted by molar-refractivity contribution is 5.54. The first-order valence-corrected chi connectivity index (χ1v) is 5.30. The van der Waals surface area contributed by atoms with Crippen LogP contribution >= 0.6 is 0 Å². The minimum Gasteiger partial charge on any atom is -0.383 e. The lowest BCUT2D eigenvalue weighted by atomic mass is 10.2. The molecule has 0 saturated carbocycles. The fourth-order valence-corrected chi connectivity index (χ4v) is 1.37. The Morgan fingerprint density at radius 3 is 3.12 bits per heavy atom. The second kappa shape index (κ2) is 5.40. The van der Waals surface area contributed by atoms with Gasteiger partial charge in [-0.2, -0.15) is 4.98 Å². The predicted octanol–water partition coefficient (Wildman–Crippen LogP) is 1.50. The van der Waals surface area contributed by atoms with E-state index in [9.17, 15) is 0 Å². The highest BCUT2D eigenvalue weighted by Crippen LogP contribution is 2.18. The highest BCUT2D eigenvalue weighted by atomic mass is 16.5. The molecule has 2 aromatic rings. The lowest BCUT2D eigenvalue weighted by Crippen LogP contribution is -2.07. The van der Waals surface area contributed by atoms with Gasteiger partial charge in [0.25, 0.3) is 0 Å². The van der Waals surface area contributed by atoms with E-state index in [0.717, 1.165) is 11.3 Å². The average Bonchev–Trinajstić information content (AvgIpc) is 2.79. The molecule has 2 heterocycles. The molecule has 6 heteroatoms. The number of nitrogens with one attached hydrogen (secondary N) is 1. The van der Waals surface area contributed by atoms with E-state index < -0.39 is 0 Å². The second-order valence-corrected chi connectivity index (χ2v) is 3.51. The smallest absolute Gasteiger partial charge is 0.321 e. The summed E-state index contributed by atoms with van der Waals surface area (Å²) in [5.41, 5.74) is 1.74. The van der Waals surface area contributed by atoms with Crippen LogP contribution in [-0.2, 0) is 4.74 Å². The number of hydrogen-bond acceptors (Lipinski definition) is 6. The fraction of sp³-hybridized carbons (Fsp3) is 0.364. The van der Waals surface area contributed by atoms with Crippen molar-refractivity contribution in [1.82, 2.24) is 15.1 Å². The van der Waals surface area contributed by atoms with Crippen molar-refractivity contribution < 1.29 is 9.26 Å². The average molecular weight is 234 g/mol. The van der Waals surface area contributed by atoms with Crippen LogP contribution in [0.25, 0.3) is 11.5 Å². The molecular weight excluding hydrogens is 220 g/mol. The Labute approximate surface area is 99.0 Å². The van der Waals surface area contributed by atoms with Crippen LogP contribution in [0.15, 0.2) is 22.9 Å². The standard InChI is InChI=1S/C11H14N4O2/c1-8-4-3-5-12-9(8)10-14-11(17-15-10)13-6-7-16-2/h3-5H,6-7H2,1-2H3,(H,13,14,15). The zero-order valence-corrected chi connectivity index (χ0v) is 9.80. The van der Waals surface area contributed by atoms with E-state index in [2.05, 4.69) is 20.4 Å². The van der Waals surface area contributed by atoms with E-state index >= 15 is 0 Å². The molecule has 2 aromatic heterocycles. The summed E-state index contributed by atoms with van der Waals surface area (Å²) >= 11 is 0. The van der Waals surface area contributed by atoms with E-state index in [1.807, 2.05) is 19.1 Å². The quantitative estimate of drug-likeness (QED) is 0.790. The Bertz CT molecular complexity index is 484. The summed E-state index contributed by atoms with van der Waals surface area (Å²) < 4.78 is 9.96. The Morgan fingerprint density at radius 2 is 2.35 bits per heavy atom. The summed E-state index contributed by atoms with van der Waals surface area (Å²) in [6.45, 7) is 3.16. The Balaban J connectivity index is 2.10. The van der Waals surface area contributed by atoms with Gasteiger partial charge in [0.05, 0.1) is 6.61 Å². The van der Waals surface area contributed by atoms with Gasteiger partial charge in [-0.15, -0.1) is 0 Å². The monoisotopic (exact) mass is 234 g/mol. The van der Waals surface area contributed by atoms with Gasteiger partial charge < -0.3 is 14.6 Å². The molecule has 0 aromatic carbocycles. The number of hydrogen-bond donors (Lipinski definition) is 1. The molecule has 0 aliphatic heterocycles. The number of methoxy groups -OCH3 is 1. The third-order valence-electron chi connectivity index (χ3n) is 2.23. The number of anilines is 1. The second-order valence-electron chi connectivity index (χ2n) is 3.51. The molecule has 0 saturated heterocycles. The van der Waals surface area contributed by atoms with Crippen molar-refractivity contribution in [3.05, 3.63) is 23.9 Å². The van der Waals surface area contributed by atoms with Crippen molar-refractivity contribution >= 4 is 6.01 Å². The summed E-state index contributed by atoms with van der Waals surface area (Å²) in [4.78, 5) is 8.43. The summed E-state index contributed by atoms with van der Waals surface area (Å²) in [5, 5.41) is 6.84. The molecule has 0 amide bonds. The molecule has 0 radical (unpaired) electrons. The zero-order chi connectivity index (χ0) is 12.1. The Hall–Kier alpha value is -1.95. The van der Waals surface area contributed by atoms with Crippen LogP contribution in [0.3, 0.4) is 0 Å². The molecule has 0 bridgehead atoms. The van der Waals surface area contributed by atoms with Gasteiger partial charge in [0.15, 0.2) is 0 Å². The molecule has 0 unspecified atom stereocenters. The molecule has 6 nitrogen and oxygen atoms in total. The molecule has 0 aliphatic rings. The third-order valence-corrected chi connectivity index (χ3v) is 2.23. The first-order valence-electron chi connectivity index (χ1n) is 5.30. The molecule has 0 spiro atoms. The van der Waals surface area contributed by atoms with Gasteiger partial charge in [0, 0.05) is 19.9 Å². The number of pyridine rings is 1. The van der Waals surface area contributed by atoms with Crippen molar-refractivity contribution in [2.24, 2.45) is 0 Å². The van der Waals surface area contributed by atoms with Gasteiger partial charge in [-0.3, -0.25) is 4.98 Å². The molecule has 2 rings (SSSR count). The topological polar surface area (TPSA) is 73.1 Å². The van der Waals surface area contributed by atoms with E-state index in [-0.39, 0.29) is 0 Å². The first kappa shape index (κ1) is 11.5. The number of aryl methyl sites for hydroxylation is 1. The molecule has 0 aliphatic carbocycles. The van der Waals surface area contributed by atoms with Gasteiger partial charge >= 0.3 is 6.01 Å². The number of nitrogens with zero attached hydrogens (tertiary/aromatic N) is 3. The third kappa shape index (κ3) is 2.79. The van der Waals surface area contributed by atoms with Crippen molar-refractivity contribution in [3.63, 3.8) is 0 Å². The van der Waals surface area contributed by atoms with Crippen LogP contribution in [0, 0.1) is 6.92 Å². The van der Waals surface area contributed by atoms with E-state index in [0.29, 0.717) is 25.0 Å². The molecule has 90 valence electrons. The molecule has 0 fully saturated rings. The Morgan fingerprint density at radius 1 is 1.47 bits per heavy atom. The maximum atomic E-state index is 5.05. The van der Waals surface area contributed by atoms with Gasteiger partial charge in [0.1, 0.15) is 5.69 Å². The minimum absolute atomic E-state index is 0.377. The van der Waals surface area contributed by atoms with Crippen molar-refractivity contribution in [1.29, 1.82) is 0 Å². The molecule has 0 atom stereocenters. The SMILES string of the molecule is COCCNc1nc(-c2ncccc2C)no1. The van der Waals surface area contributed by atoms with Crippen molar-refractivity contribution in [3.8, 4) is 11.5 Å². The van der Waals surface area contributed by atoms with E-state index in [4.69, 9.17) is 9.26 Å². The van der Waals surface area contributed by atoms with Crippen molar-refractivity contribution in [2.45, 2.75) is 6.92 Å². The summed E-state index contributed by atoms with van der Waals surface area (Å²) in [7, 11) is 1.64. The van der Waals surface area contributed by atoms with Crippen LogP contribution in [0.1, 0.15) is 5.56 Å². The first-order chi connectivity index (χ1) is 8.31. The normalized spacial score (nSPS) is 10.5. The lowest BCUT2D eigenvalue weighted by Gasteiger charge is -1.98. The van der Waals surface area contributed by atoms with E-state index in [1.165, 1.54) is 0 Å². The number of rotatable bonds is 5. The van der Waals surface area contributed by atoms with Crippen LogP contribution < -0.4 is 5.32 Å². The largest absolute Gasteiger partial charge is 0.383 e. The summed E-state index contributed by atoms with van der Waals surface area (Å²) in [6.07, 6.45) is 1.71. The van der Waals surface area contributed by atoms with Gasteiger partial charge in [0.2, 0.25) is 5.82 Å². The highest BCUT2D eigenvalue weighted by Gasteiger charge is 2.10. The van der Waals surface area contributed by atoms with Gasteiger partial charge in [-0.25, -0.2) is 0 Å². The Kier molecular flexibility index (Phi) is 3.66. The van der Waals surface area contributed by atoms with Gasteiger partial charge in [-0.05, 0) is 18.6 Å². The summed E-state index contributed by atoms with van der Waals surface area (Å²) in [5.74, 6) is 0.489. The molecule has 17 heavy (non-hydrogen) atoms. The predicted molar refractivity (Wildman–Crippen MR) is 62.6 cm³/mol. The van der Waals surface area contributed by atoms with Crippen LogP contribution in [0.2, 0.25) is 0 Å². The lowest BCUT2D eigenvalue weighted by molar-refractivity contribution is 0.210. The fourth-order valence-electron chi connectivity index (χ4n) is 1.37. The maximum Gasteiger partial charge on any atom is 0.321 e. The number of aromatic nitrogens is 3. The zero-order valence-electron chi connectivity index (χ0n) is 9.80. The summed E-state index contributed by atoms with van der Waals surface area (Å²) in [6, 6.07) is 4.20. The molecular formula is C11H14N4O2. The van der Waals surface area contributed by atoms with Crippen LogP contribution in [-0.4, -0.2) is 35.4 Å². The minimum atomic E-state index is 0.377. The van der Waals surface area contributed by atoms with Gasteiger partial charge in [-0.1, -0.05) is 11.2 Å². The molecule has 1 N–H and O–H groups in total. The maximum absolute atomic E-state index is 5.05. The van der Waals surface area contributed by atoms with Crippen LogP contribution in [0.4, 0.5) is 6.01 Å². The number of ether oxygens (including phenoxy) is 1.